The van der Waals surface area contributed by atoms with Crippen molar-refractivity contribution in [2.24, 2.45) is 0 Å². The van der Waals surface area contributed by atoms with Gasteiger partial charge in [0.05, 0.1) is 64.4 Å². The second kappa shape index (κ2) is 12.5. The number of carbonyl (C=O) groups excluding carboxylic acids is 1. The molecular formula is C30H34ClFN8O3S. The van der Waals surface area contributed by atoms with Gasteiger partial charge in [0.1, 0.15) is 16.9 Å². The third-order valence-electron chi connectivity index (χ3n) is 7.45. The average Bonchev–Trinajstić information content (AvgIpc) is 3.38. The van der Waals surface area contributed by atoms with E-state index in [4.69, 9.17) is 21.3 Å². The number of hydrogen-bond donors (Lipinski definition) is 1. The topological polar surface area (TPSA) is 121 Å². The summed E-state index contributed by atoms with van der Waals surface area (Å²) in [6.07, 6.45) is 11.5. The molecule has 1 atom stereocenters. The van der Waals surface area contributed by atoms with E-state index in [0.717, 1.165) is 16.9 Å². The van der Waals surface area contributed by atoms with Crippen molar-refractivity contribution in [1.82, 2.24) is 38.5 Å². The van der Waals surface area contributed by atoms with Gasteiger partial charge in [-0.3, -0.25) is 4.79 Å². The highest BCUT2D eigenvalue weighted by Crippen LogP contribution is 2.40. The first-order valence-corrected chi connectivity index (χ1v) is 16.1. The molecule has 0 radical (unpaired) electrons. The van der Waals surface area contributed by atoms with Crippen molar-refractivity contribution >= 4 is 39.5 Å². The summed E-state index contributed by atoms with van der Waals surface area (Å²) >= 11 is 5.93. The Hall–Kier alpha value is -3.52. The normalized spacial score (nSPS) is 14.6. The molecule has 0 amide bonds. The second-order valence-electron chi connectivity index (χ2n) is 12.0. The van der Waals surface area contributed by atoms with Gasteiger partial charge in [-0.2, -0.15) is 0 Å². The molecule has 14 heteroatoms. The number of halogens is 2. The van der Waals surface area contributed by atoms with Gasteiger partial charge >= 0.3 is 0 Å². The number of hydrogen-bond acceptors (Lipinski definition) is 7. The Morgan fingerprint density at radius 1 is 1.23 bits per heavy atom. The minimum Gasteiger partial charge on any atom is -0.375 e. The number of ketones is 1. The van der Waals surface area contributed by atoms with Crippen LogP contribution in [0.3, 0.4) is 0 Å². The Balaban J connectivity index is 1.10. The number of aromatic nitrogens is 7. The molecule has 6 rings (SSSR count). The first-order valence-electron chi connectivity index (χ1n) is 14.5. The zero-order chi connectivity index (χ0) is 31.0. The van der Waals surface area contributed by atoms with Crippen molar-refractivity contribution < 1.29 is 18.1 Å². The lowest BCUT2D eigenvalue weighted by molar-refractivity contribution is 0.0977. The standard InChI is InChI=1S/C30H34ClFN8O3S/c1-30(2,3)44(42)34-9-11-43-17-21-12-20(19-4-5-19)13-39-14-22(35-29(21)39)15-40-16-25(36-37-40)26(41)7-6-24-28-27(32)23(31)8-10-38(28)18-33-24/h8,10,12-14,16,18-19,34H,4-7,9,11,15,17H2,1-3H3. The summed E-state index contributed by atoms with van der Waals surface area (Å²) < 4.78 is 40.5. The molecule has 0 aromatic carbocycles. The van der Waals surface area contributed by atoms with Gasteiger partial charge in [-0.15, -0.1) is 5.10 Å². The Labute approximate surface area is 261 Å². The summed E-state index contributed by atoms with van der Waals surface area (Å²) in [6, 6.07) is 3.63. The Kier molecular flexibility index (Phi) is 8.64. The van der Waals surface area contributed by atoms with Crippen molar-refractivity contribution in [2.75, 3.05) is 13.2 Å². The zero-order valence-electron chi connectivity index (χ0n) is 24.8. The minimum atomic E-state index is -1.14. The van der Waals surface area contributed by atoms with E-state index >= 15 is 0 Å². The van der Waals surface area contributed by atoms with Crippen LogP contribution in [0.25, 0.3) is 11.2 Å². The van der Waals surface area contributed by atoms with Gasteiger partial charge in [0.2, 0.25) is 0 Å². The molecule has 5 aromatic rings. The molecule has 1 unspecified atom stereocenters. The zero-order valence-corrected chi connectivity index (χ0v) is 26.4. The van der Waals surface area contributed by atoms with Crippen molar-refractivity contribution in [3.8, 4) is 0 Å². The molecule has 0 aliphatic heterocycles. The summed E-state index contributed by atoms with van der Waals surface area (Å²) in [5.41, 5.74) is 4.75. The minimum absolute atomic E-state index is 0.00607. The number of rotatable bonds is 13. The van der Waals surface area contributed by atoms with Gasteiger partial charge < -0.3 is 13.5 Å². The van der Waals surface area contributed by atoms with Crippen LogP contribution >= 0.6 is 11.6 Å². The van der Waals surface area contributed by atoms with Crippen LogP contribution in [0.5, 0.6) is 0 Å². The van der Waals surface area contributed by atoms with E-state index in [-0.39, 0.29) is 39.6 Å². The molecule has 44 heavy (non-hydrogen) atoms. The SMILES string of the molecule is CC(C)(C)S(=O)NCCOCc1cc(C2CC2)cn2cc(Cn3cc(C(=O)CCc4ncn5ccc(Cl)c(F)c45)nn3)nc12. The fraction of sp³-hybridized carbons (Fsp3) is 0.433. The predicted octanol–water partition coefficient (Wildman–Crippen LogP) is 4.68. The van der Waals surface area contributed by atoms with Crippen LogP contribution in [-0.2, 0) is 35.3 Å². The molecule has 1 saturated carbocycles. The van der Waals surface area contributed by atoms with Crippen LogP contribution in [0.1, 0.15) is 79.0 Å². The largest absolute Gasteiger partial charge is 0.375 e. The lowest BCUT2D eigenvalue weighted by Gasteiger charge is -2.18. The highest BCUT2D eigenvalue weighted by molar-refractivity contribution is 7.84. The smallest absolute Gasteiger partial charge is 0.185 e. The van der Waals surface area contributed by atoms with E-state index in [0.29, 0.717) is 37.9 Å². The third-order valence-corrected chi connectivity index (χ3v) is 9.32. The number of Topliss-reactive ketones (excluding diaryl/α,β-unsaturated/α-hetero) is 1. The van der Waals surface area contributed by atoms with Crippen LogP contribution in [0.15, 0.2) is 43.2 Å². The number of ether oxygens (including phenoxy) is 1. The number of aryl methyl sites for hydroxylation is 1. The molecule has 232 valence electrons. The molecule has 0 saturated heterocycles. The number of nitrogens with zero attached hydrogens (tertiary/aromatic N) is 7. The summed E-state index contributed by atoms with van der Waals surface area (Å²) in [7, 11) is -1.14. The first kappa shape index (κ1) is 30.5. The monoisotopic (exact) mass is 640 g/mol. The third kappa shape index (κ3) is 6.75. The molecule has 1 fully saturated rings. The maximum Gasteiger partial charge on any atom is 0.185 e. The molecule has 0 spiro atoms. The summed E-state index contributed by atoms with van der Waals surface area (Å²) in [5, 5.41) is 8.22. The number of imidazole rings is 2. The van der Waals surface area contributed by atoms with Crippen molar-refractivity contribution in [3.05, 3.63) is 82.3 Å². The van der Waals surface area contributed by atoms with Gasteiger partial charge in [-0.1, -0.05) is 16.8 Å². The predicted molar refractivity (Wildman–Crippen MR) is 165 cm³/mol. The van der Waals surface area contributed by atoms with E-state index in [1.165, 1.54) is 30.8 Å². The molecule has 5 heterocycles. The van der Waals surface area contributed by atoms with Crippen LogP contribution in [0, 0.1) is 5.82 Å². The molecule has 1 N–H and O–H groups in total. The maximum absolute atomic E-state index is 14.5. The highest BCUT2D eigenvalue weighted by Gasteiger charge is 2.25. The van der Waals surface area contributed by atoms with E-state index < -0.39 is 16.8 Å². The number of nitrogens with one attached hydrogen (secondary N) is 1. The fourth-order valence-electron chi connectivity index (χ4n) is 4.97. The Morgan fingerprint density at radius 2 is 2.05 bits per heavy atom. The second-order valence-corrected chi connectivity index (χ2v) is 14.5. The number of carbonyl (C=O) groups is 1. The van der Waals surface area contributed by atoms with Crippen LogP contribution in [-0.4, -0.2) is 61.7 Å². The van der Waals surface area contributed by atoms with Crippen LogP contribution in [0.4, 0.5) is 4.39 Å². The Morgan fingerprint density at radius 3 is 2.82 bits per heavy atom. The lowest BCUT2D eigenvalue weighted by atomic mass is 10.1. The molecular weight excluding hydrogens is 607 g/mol. The molecule has 5 aromatic heterocycles. The molecule has 1 aliphatic rings. The summed E-state index contributed by atoms with van der Waals surface area (Å²) in [5.74, 6) is -0.223. The van der Waals surface area contributed by atoms with E-state index in [2.05, 4.69) is 32.3 Å². The maximum atomic E-state index is 14.5. The molecule has 11 nitrogen and oxygen atoms in total. The Bertz CT molecular complexity index is 1860. The van der Waals surface area contributed by atoms with Gasteiger partial charge in [0.25, 0.3) is 0 Å². The van der Waals surface area contributed by atoms with E-state index in [1.807, 2.05) is 31.4 Å². The van der Waals surface area contributed by atoms with Crippen molar-refractivity contribution in [2.45, 2.75) is 70.3 Å². The first-order chi connectivity index (χ1) is 21.1. The molecule has 0 bridgehead atoms. The quantitative estimate of drug-likeness (QED) is 0.147. The summed E-state index contributed by atoms with van der Waals surface area (Å²) in [6.45, 7) is 7.40. The van der Waals surface area contributed by atoms with Crippen molar-refractivity contribution in [3.63, 3.8) is 0 Å². The van der Waals surface area contributed by atoms with Crippen LogP contribution < -0.4 is 4.72 Å². The highest BCUT2D eigenvalue weighted by atomic mass is 35.5. The number of fused-ring (bicyclic) bond motifs is 2. The van der Waals surface area contributed by atoms with E-state index in [9.17, 15) is 13.4 Å². The van der Waals surface area contributed by atoms with Crippen molar-refractivity contribution in [1.29, 1.82) is 0 Å². The summed E-state index contributed by atoms with van der Waals surface area (Å²) in [4.78, 5) is 22.0. The average molecular weight is 641 g/mol. The van der Waals surface area contributed by atoms with Crippen LogP contribution in [0.2, 0.25) is 5.02 Å². The van der Waals surface area contributed by atoms with Gasteiger partial charge in [-0.05, 0) is 63.6 Å². The fourth-order valence-corrected chi connectivity index (χ4v) is 5.82. The van der Waals surface area contributed by atoms with E-state index in [1.54, 1.807) is 21.5 Å². The van der Waals surface area contributed by atoms with Gasteiger partial charge in [-0.25, -0.2) is 28.0 Å². The van der Waals surface area contributed by atoms with Gasteiger partial charge in [0.15, 0.2) is 11.6 Å². The van der Waals surface area contributed by atoms with Gasteiger partial charge in [0, 0.05) is 37.1 Å². The number of pyridine rings is 2. The lowest BCUT2D eigenvalue weighted by Crippen LogP contribution is -2.35. The molecule has 1 aliphatic carbocycles.